The summed E-state index contributed by atoms with van der Waals surface area (Å²) < 4.78 is 16.0. The number of halogens is 2. The second-order valence-electron chi connectivity index (χ2n) is 4.36. The Hall–Kier alpha value is -1.27. The molecule has 1 aromatic carbocycles. The van der Waals surface area contributed by atoms with E-state index in [4.69, 9.17) is 0 Å². The third-order valence-electron chi connectivity index (χ3n) is 2.85. The van der Waals surface area contributed by atoms with Crippen molar-refractivity contribution in [1.82, 2.24) is 20.3 Å². The fourth-order valence-electron chi connectivity index (χ4n) is 2.02. The Balaban J connectivity index is 2.26. The molecule has 0 saturated heterocycles. The number of rotatable bonds is 5. The molecule has 0 amide bonds. The molecule has 0 bridgehead atoms. The Labute approximate surface area is 120 Å². The van der Waals surface area contributed by atoms with E-state index in [0.717, 1.165) is 22.3 Å². The number of hydrogen-bond acceptors (Lipinski definition) is 3. The van der Waals surface area contributed by atoms with Gasteiger partial charge in [0.1, 0.15) is 5.82 Å². The van der Waals surface area contributed by atoms with E-state index in [1.165, 1.54) is 6.07 Å². The van der Waals surface area contributed by atoms with Crippen LogP contribution in [-0.4, -0.2) is 21.5 Å². The maximum absolute atomic E-state index is 13.4. The summed E-state index contributed by atoms with van der Waals surface area (Å²) in [5, 5.41) is 11.3. The maximum Gasteiger partial charge on any atom is 0.123 e. The average Bonchev–Trinajstić information content (AvgIpc) is 2.77. The van der Waals surface area contributed by atoms with Crippen LogP contribution in [0.2, 0.25) is 0 Å². The quantitative estimate of drug-likeness (QED) is 0.918. The minimum Gasteiger partial charge on any atom is -0.310 e. The van der Waals surface area contributed by atoms with Crippen molar-refractivity contribution < 1.29 is 4.39 Å². The Morgan fingerprint density at radius 1 is 1.47 bits per heavy atom. The molecule has 0 spiro atoms. The fraction of sp³-hybridized carbons (Fsp3) is 0.385. The number of aromatic nitrogens is 3. The van der Waals surface area contributed by atoms with Gasteiger partial charge in [-0.3, -0.25) is 4.68 Å². The van der Waals surface area contributed by atoms with Gasteiger partial charge in [0.2, 0.25) is 0 Å². The Bertz CT molecular complexity index is 555. The molecule has 0 saturated carbocycles. The smallest absolute Gasteiger partial charge is 0.123 e. The largest absolute Gasteiger partial charge is 0.310 e. The van der Waals surface area contributed by atoms with Crippen LogP contribution in [-0.2, 0) is 13.5 Å². The van der Waals surface area contributed by atoms with Gasteiger partial charge in [0, 0.05) is 30.2 Å². The molecule has 1 aromatic heterocycles. The SMILES string of the molecule is CCNC(Cc1cn(C)nn1)c1cc(F)ccc1Br. The van der Waals surface area contributed by atoms with Crippen molar-refractivity contribution in [3.8, 4) is 0 Å². The monoisotopic (exact) mass is 326 g/mol. The van der Waals surface area contributed by atoms with E-state index >= 15 is 0 Å². The Morgan fingerprint density at radius 3 is 2.89 bits per heavy atom. The van der Waals surface area contributed by atoms with Crippen molar-refractivity contribution in [2.24, 2.45) is 7.05 Å². The molecule has 102 valence electrons. The van der Waals surface area contributed by atoms with Gasteiger partial charge >= 0.3 is 0 Å². The first-order valence-electron chi connectivity index (χ1n) is 6.13. The topological polar surface area (TPSA) is 42.7 Å². The predicted octanol–water partition coefficient (Wildman–Crippen LogP) is 2.61. The van der Waals surface area contributed by atoms with Crippen molar-refractivity contribution in [2.45, 2.75) is 19.4 Å². The van der Waals surface area contributed by atoms with Gasteiger partial charge in [0.25, 0.3) is 0 Å². The van der Waals surface area contributed by atoms with Crippen LogP contribution in [0.5, 0.6) is 0 Å². The van der Waals surface area contributed by atoms with Crippen LogP contribution in [0.15, 0.2) is 28.9 Å². The Morgan fingerprint density at radius 2 is 2.26 bits per heavy atom. The normalized spacial score (nSPS) is 12.6. The number of likely N-dealkylation sites (N-methyl/N-ethyl adjacent to an activating group) is 1. The number of benzene rings is 1. The molecule has 0 fully saturated rings. The molecule has 0 aliphatic heterocycles. The molecule has 0 radical (unpaired) electrons. The highest BCUT2D eigenvalue weighted by molar-refractivity contribution is 9.10. The van der Waals surface area contributed by atoms with Gasteiger partial charge in [-0.05, 0) is 30.3 Å². The van der Waals surface area contributed by atoms with E-state index in [1.54, 1.807) is 16.8 Å². The van der Waals surface area contributed by atoms with Gasteiger partial charge < -0.3 is 5.32 Å². The van der Waals surface area contributed by atoms with Crippen LogP contribution in [0.4, 0.5) is 4.39 Å². The van der Waals surface area contributed by atoms with Gasteiger partial charge in [0.15, 0.2) is 0 Å². The van der Waals surface area contributed by atoms with E-state index in [9.17, 15) is 4.39 Å². The standard InChI is InChI=1S/C13H16BrFN4/c1-3-16-13(7-10-8-19(2)18-17-10)11-6-9(15)4-5-12(11)14/h4-6,8,13,16H,3,7H2,1-2H3. The van der Waals surface area contributed by atoms with Crippen molar-refractivity contribution in [2.75, 3.05) is 6.54 Å². The van der Waals surface area contributed by atoms with Crippen LogP contribution >= 0.6 is 15.9 Å². The van der Waals surface area contributed by atoms with Crippen molar-refractivity contribution >= 4 is 15.9 Å². The Kier molecular flexibility index (Phi) is 4.66. The molecular weight excluding hydrogens is 311 g/mol. The van der Waals surface area contributed by atoms with E-state index < -0.39 is 0 Å². The molecule has 0 aliphatic carbocycles. The van der Waals surface area contributed by atoms with Crippen molar-refractivity contribution in [3.05, 3.63) is 45.9 Å². The molecule has 0 aliphatic rings. The highest BCUT2D eigenvalue weighted by Crippen LogP contribution is 2.26. The van der Waals surface area contributed by atoms with Crippen LogP contribution in [0.1, 0.15) is 24.2 Å². The van der Waals surface area contributed by atoms with Gasteiger partial charge in [-0.15, -0.1) is 5.10 Å². The predicted molar refractivity (Wildman–Crippen MR) is 75.2 cm³/mol. The van der Waals surface area contributed by atoms with E-state index in [2.05, 4.69) is 31.6 Å². The first-order chi connectivity index (χ1) is 9.10. The summed E-state index contributed by atoms with van der Waals surface area (Å²) in [7, 11) is 1.83. The highest BCUT2D eigenvalue weighted by atomic mass is 79.9. The second-order valence-corrected chi connectivity index (χ2v) is 5.22. The average molecular weight is 327 g/mol. The molecule has 4 nitrogen and oxygen atoms in total. The lowest BCUT2D eigenvalue weighted by Crippen LogP contribution is -2.23. The lowest BCUT2D eigenvalue weighted by Gasteiger charge is -2.18. The van der Waals surface area contributed by atoms with Gasteiger partial charge in [0.05, 0.1) is 5.69 Å². The summed E-state index contributed by atoms with van der Waals surface area (Å²) in [6, 6.07) is 4.73. The minimum absolute atomic E-state index is 0.00627. The van der Waals surface area contributed by atoms with Crippen LogP contribution in [0.25, 0.3) is 0 Å². The van der Waals surface area contributed by atoms with Crippen LogP contribution in [0, 0.1) is 5.82 Å². The van der Waals surface area contributed by atoms with Gasteiger partial charge in [-0.1, -0.05) is 28.1 Å². The molecule has 1 atom stereocenters. The summed E-state index contributed by atoms with van der Waals surface area (Å²) in [4.78, 5) is 0. The zero-order chi connectivity index (χ0) is 13.8. The van der Waals surface area contributed by atoms with E-state index in [-0.39, 0.29) is 11.9 Å². The van der Waals surface area contributed by atoms with Crippen LogP contribution < -0.4 is 5.32 Å². The lowest BCUT2D eigenvalue weighted by molar-refractivity contribution is 0.535. The minimum atomic E-state index is -0.236. The molecule has 6 heteroatoms. The first-order valence-corrected chi connectivity index (χ1v) is 6.93. The highest BCUT2D eigenvalue weighted by Gasteiger charge is 2.16. The summed E-state index contributed by atoms with van der Waals surface area (Å²) in [5.74, 6) is -0.236. The number of aryl methyl sites for hydroxylation is 1. The molecule has 1 heterocycles. The first kappa shape index (κ1) is 14.1. The second kappa shape index (κ2) is 6.25. The number of nitrogens with zero attached hydrogens (tertiary/aromatic N) is 3. The third kappa shape index (κ3) is 3.61. The lowest BCUT2D eigenvalue weighted by atomic mass is 10.0. The number of hydrogen-bond donors (Lipinski definition) is 1. The number of nitrogens with one attached hydrogen (secondary N) is 1. The third-order valence-corrected chi connectivity index (χ3v) is 3.57. The molecule has 1 N–H and O–H groups in total. The zero-order valence-corrected chi connectivity index (χ0v) is 12.5. The molecular formula is C13H16BrFN4. The van der Waals surface area contributed by atoms with E-state index in [1.807, 2.05) is 20.2 Å². The maximum atomic E-state index is 13.4. The van der Waals surface area contributed by atoms with Crippen molar-refractivity contribution in [3.63, 3.8) is 0 Å². The summed E-state index contributed by atoms with van der Waals surface area (Å²) in [5.41, 5.74) is 1.78. The zero-order valence-electron chi connectivity index (χ0n) is 10.9. The van der Waals surface area contributed by atoms with Gasteiger partial charge in [-0.2, -0.15) is 0 Å². The summed E-state index contributed by atoms with van der Waals surface area (Å²) in [6.45, 7) is 2.82. The van der Waals surface area contributed by atoms with Crippen LogP contribution in [0.3, 0.4) is 0 Å². The molecule has 2 rings (SSSR count). The molecule has 19 heavy (non-hydrogen) atoms. The summed E-state index contributed by atoms with van der Waals surface area (Å²) in [6.07, 6.45) is 2.54. The van der Waals surface area contributed by atoms with E-state index in [0.29, 0.717) is 6.42 Å². The molecule has 2 aromatic rings. The van der Waals surface area contributed by atoms with Gasteiger partial charge in [-0.25, -0.2) is 4.39 Å². The summed E-state index contributed by atoms with van der Waals surface area (Å²) >= 11 is 3.47. The fourth-order valence-corrected chi connectivity index (χ4v) is 2.54. The van der Waals surface area contributed by atoms with Crippen molar-refractivity contribution in [1.29, 1.82) is 0 Å². The molecule has 1 unspecified atom stereocenters.